The molecule has 0 amide bonds. The number of methoxy groups -OCH3 is 1. The van der Waals surface area contributed by atoms with Crippen molar-refractivity contribution in [3.8, 4) is 11.3 Å². The van der Waals surface area contributed by atoms with Crippen molar-refractivity contribution in [1.29, 1.82) is 0 Å². The minimum atomic E-state index is -0.332. The van der Waals surface area contributed by atoms with Gasteiger partial charge in [-0.1, -0.05) is 13.0 Å². The minimum absolute atomic E-state index is 0.282. The lowest BCUT2D eigenvalue weighted by Gasteiger charge is -2.10. The summed E-state index contributed by atoms with van der Waals surface area (Å²) >= 11 is 3.19. The standard InChI is InChI=1S/C15H17BrFN3O/c1-3-7-18-13-8-12(19-14(20-13)9-21-2)10-5-4-6-11(16)15(10)17/h4-6,8H,3,7,9H2,1-2H3,(H,18,19,20). The first-order valence-electron chi connectivity index (χ1n) is 6.70. The van der Waals surface area contributed by atoms with E-state index in [9.17, 15) is 4.39 Å². The number of rotatable bonds is 6. The molecule has 0 spiro atoms. The van der Waals surface area contributed by atoms with Crippen molar-refractivity contribution >= 4 is 21.7 Å². The van der Waals surface area contributed by atoms with Gasteiger partial charge in [0.25, 0.3) is 0 Å². The molecular weight excluding hydrogens is 337 g/mol. The maximum atomic E-state index is 14.2. The molecule has 2 rings (SSSR count). The zero-order valence-electron chi connectivity index (χ0n) is 12.0. The van der Waals surface area contributed by atoms with E-state index in [-0.39, 0.29) is 12.4 Å². The Hall–Kier alpha value is -1.53. The third-order valence-electron chi connectivity index (χ3n) is 2.83. The summed E-state index contributed by atoms with van der Waals surface area (Å²) in [5.74, 6) is 0.863. The van der Waals surface area contributed by atoms with E-state index >= 15 is 0 Å². The first-order chi connectivity index (χ1) is 10.2. The Morgan fingerprint density at radius 1 is 1.33 bits per heavy atom. The quantitative estimate of drug-likeness (QED) is 0.851. The zero-order valence-corrected chi connectivity index (χ0v) is 13.6. The van der Waals surface area contributed by atoms with E-state index in [0.717, 1.165) is 13.0 Å². The van der Waals surface area contributed by atoms with E-state index in [4.69, 9.17) is 4.74 Å². The second-order valence-electron chi connectivity index (χ2n) is 4.52. The molecule has 0 bridgehead atoms. The lowest BCUT2D eigenvalue weighted by molar-refractivity contribution is 0.178. The third kappa shape index (κ3) is 3.98. The summed E-state index contributed by atoms with van der Waals surface area (Å²) in [6.07, 6.45) is 0.976. The Kier molecular flexibility index (Phi) is 5.64. The first kappa shape index (κ1) is 15.9. The van der Waals surface area contributed by atoms with E-state index in [0.29, 0.717) is 27.4 Å². The van der Waals surface area contributed by atoms with E-state index in [1.54, 1.807) is 31.4 Å². The number of benzene rings is 1. The summed E-state index contributed by atoms with van der Waals surface area (Å²) < 4.78 is 19.7. The van der Waals surface area contributed by atoms with Gasteiger partial charge in [0, 0.05) is 25.3 Å². The van der Waals surface area contributed by atoms with Crippen LogP contribution in [-0.4, -0.2) is 23.6 Å². The fourth-order valence-corrected chi connectivity index (χ4v) is 2.24. The average Bonchev–Trinajstić information content (AvgIpc) is 2.48. The highest BCUT2D eigenvalue weighted by Crippen LogP contribution is 2.27. The van der Waals surface area contributed by atoms with Gasteiger partial charge in [-0.2, -0.15) is 0 Å². The molecule has 2 aromatic rings. The summed E-state index contributed by atoms with van der Waals surface area (Å²) in [6, 6.07) is 6.88. The van der Waals surface area contributed by atoms with Gasteiger partial charge in [-0.3, -0.25) is 0 Å². The molecule has 0 aliphatic carbocycles. The molecule has 1 aromatic carbocycles. The van der Waals surface area contributed by atoms with Gasteiger partial charge in [-0.05, 0) is 34.5 Å². The molecule has 0 fully saturated rings. The molecule has 0 saturated heterocycles. The highest BCUT2D eigenvalue weighted by atomic mass is 79.9. The molecule has 6 heteroatoms. The number of ether oxygens (including phenoxy) is 1. The largest absolute Gasteiger partial charge is 0.377 e. The molecule has 0 unspecified atom stereocenters. The predicted molar refractivity (Wildman–Crippen MR) is 84.6 cm³/mol. The van der Waals surface area contributed by atoms with E-state index in [1.807, 2.05) is 0 Å². The molecule has 0 radical (unpaired) electrons. The van der Waals surface area contributed by atoms with Crippen molar-refractivity contribution in [2.75, 3.05) is 19.0 Å². The molecule has 112 valence electrons. The van der Waals surface area contributed by atoms with Gasteiger partial charge in [0.15, 0.2) is 5.82 Å². The Morgan fingerprint density at radius 3 is 2.86 bits per heavy atom. The van der Waals surface area contributed by atoms with Crippen LogP contribution in [0.2, 0.25) is 0 Å². The lowest BCUT2D eigenvalue weighted by atomic mass is 10.1. The SMILES string of the molecule is CCCNc1cc(-c2cccc(Br)c2F)nc(COC)n1. The lowest BCUT2D eigenvalue weighted by Crippen LogP contribution is -2.07. The van der Waals surface area contributed by atoms with Crippen LogP contribution in [0.4, 0.5) is 10.2 Å². The number of nitrogens with one attached hydrogen (secondary N) is 1. The average molecular weight is 354 g/mol. The summed E-state index contributed by atoms with van der Waals surface area (Å²) in [5.41, 5.74) is 0.970. The molecule has 4 nitrogen and oxygen atoms in total. The Morgan fingerprint density at radius 2 is 2.14 bits per heavy atom. The fraction of sp³-hybridized carbons (Fsp3) is 0.333. The van der Waals surface area contributed by atoms with Gasteiger partial charge in [-0.25, -0.2) is 14.4 Å². The van der Waals surface area contributed by atoms with Gasteiger partial charge in [0.1, 0.15) is 18.2 Å². The van der Waals surface area contributed by atoms with Gasteiger partial charge >= 0.3 is 0 Å². The van der Waals surface area contributed by atoms with Crippen molar-refractivity contribution in [3.63, 3.8) is 0 Å². The van der Waals surface area contributed by atoms with E-state index in [1.165, 1.54) is 0 Å². The Labute approximate surface area is 131 Å². The van der Waals surface area contributed by atoms with Crippen molar-refractivity contribution in [1.82, 2.24) is 9.97 Å². The molecule has 0 saturated carbocycles. The van der Waals surface area contributed by atoms with Crippen LogP contribution in [0, 0.1) is 5.82 Å². The highest BCUT2D eigenvalue weighted by molar-refractivity contribution is 9.10. The smallest absolute Gasteiger partial charge is 0.157 e. The zero-order chi connectivity index (χ0) is 15.2. The van der Waals surface area contributed by atoms with Crippen LogP contribution < -0.4 is 5.32 Å². The van der Waals surface area contributed by atoms with Crippen molar-refractivity contribution in [2.45, 2.75) is 20.0 Å². The second-order valence-corrected chi connectivity index (χ2v) is 5.37. The van der Waals surface area contributed by atoms with Crippen LogP contribution in [-0.2, 0) is 11.3 Å². The normalized spacial score (nSPS) is 10.7. The number of nitrogens with zero attached hydrogens (tertiary/aromatic N) is 2. The number of anilines is 1. The van der Waals surface area contributed by atoms with Gasteiger partial charge < -0.3 is 10.1 Å². The summed E-state index contributed by atoms with van der Waals surface area (Å²) in [4.78, 5) is 8.72. The minimum Gasteiger partial charge on any atom is -0.377 e. The number of hydrogen-bond donors (Lipinski definition) is 1. The third-order valence-corrected chi connectivity index (χ3v) is 3.44. The van der Waals surface area contributed by atoms with Crippen LogP contribution >= 0.6 is 15.9 Å². The van der Waals surface area contributed by atoms with E-state index < -0.39 is 0 Å². The van der Waals surface area contributed by atoms with E-state index in [2.05, 4.69) is 38.1 Å². The van der Waals surface area contributed by atoms with Gasteiger partial charge in [0.2, 0.25) is 0 Å². The topological polar surface area (TPSA) is 47.0 Å². The van der Waals surface area contributed by atoms with Crippen LogP contribution in [0.1, 0.15) is 19.2 Å². The molecule has 0 atom stereocenters. The maximum Gasteiger partial charge on any atom is 0.157 e. The van der Waals surface area contributed by atoms with Gasteiger partial charge in [-0.15, -0.1) is 0 Å². The monoisotopic (exact) mass is 353 g/mol. The van der Waals surface area contributed by atoms with Crippen LogP contribution in [0.15, 0.2) is 28.7 Å². The number of aromatic nitrogens is 2. The molecule has 0 aliphatic heterocycles. The molecule has 1 aromatic heterocycles. The van der Waals surface area contributed by atoms with Crippen molar-refractivity contribution < 1.29 is 9.13 Å². The van der Waals surface area contributed by atoms with Crippen LogP contribution in [0.25, 0.3) is 11.3 Å². The summed E-state index contributed by atoms with van der Waals surface area (Å²) in [7, 11) is 1.58. The van der Waals surface area contributed by atoms with Gasteiger partial charge in [0.05, 0.1) is 10.2 Å². The summed E-state index contributed by atoms with van der Waals surface area (Å²) in [5, 5.41) is 3.20. The molecule has 1 N–H and O–H groups in total. The predicted octanol–water partition coefficient (Wildman–Crippen LogP) is 4.01. The number of hydrogen-bond acceptors (Lipinski definition) is 4. The number of halogens is 2. The highest BCUT2D eigenvalue weighted by Gasteiger charge is 2.12. The molecule has 1 heterocycles. The van der Waals surface area contributed by atoms with Crippen molar-refractivity contribution in [3.05, 3.63) is 40.4 Å². The second kappa shape index (κ2) is 7.47. The first-order valence-corrected chi connectivity index (χ1v) is 7.50. The fourth-order valence-electron chi connectivity index (χ4n) is 1.87. The summed E-state index contributed by atoms with van der Waals surface area (Å²) in [6.45, 7) is 3.15. The van der Waals surface area contributed by atoms with Crippen LogP contribution in [0.5, 0.6) is 0 Å². The molecule has 21 heavy (non-hydrogen) atoms. The molecule has 0 aliphatic rings. The maximum absolute atomic E-state index is 14.2. The van der Waals surface area contributed by atoms with Crippen molar-refractivity contribution in [2.24, 2.45) is 0 Å². The van der Waals surface area contributed by atoms with Crippen LogP contribution in [0.3, 0.4) is 0 Å². The molecular formula is C15H17BrFN3O. The Balaban J connectivity index is 2.45. The Bertz CT molecular complexity index is 622.